The van der Waals surface area contributed by atoms with Gasteiger partial charge in [-0.15, -0.1) is 0 Å². The number of carbonyl (C=O) groups excluding carboxylic acids is 2. The van der Waals surface area contributed by atoms with Gasteiger partial charge in [0, 0.05) is 31.6 Å². The molecule has 0 spiro atoms. The van der Waals surface area contributed by atoms with E-state index in [9.17, 15) is 9.59 Å². The van der Waals surface area contributed by atoms with E-state index >= 15 is 0 Å². The van der Waals surface area contributed by atoms with Crippen molar-refractivity contribution < 1.29 is 9.59 Å². The molecular weight excluding hydrogens is 276 g/mol. The van der Waals surface area contributed by atoms with Gasteiger partial charge in [-0.1, -0.05) is 37.0 Å². The van der Waals surface area contributed by atoms with Gasteiger partial charge in [0.1, 0.15) is 0 Å². The number of benzene rings is 1. The first kappa shape index (κ1) is 16.5. The zero-order valence-electron chi connectivity index (χ0n) is 13.6. The standard InChI is InChI=1S/C18H26N2O2/c1-14-8-10-16(11-9-14)19-18(22)12-13-20(15(2)21)17-6-4-3-5-7-17/h8-11,17H,3-7,12-13H2,1-2H3,(H,19,22). The fourth-order valence-electron chi connectivity index (χ4n) is 3.07. The minimum absolute atomic E-state index is 0.0362. The topological polar surface area (TPSA) is 49.4 Å². The fraction of sp³-hybridized carbons (Fsp3) is 0.556. The number of nitrogens with zero attached hydrogens (tertiary/aromatic N) is 1. The molecule has 1 aromatic rings. The highest BCUT2D eigenvalue weighted by molar-refractivity contribution is 5.91. The van der Waals surface area contributed by atoms with Gasteiger partial charge in [0.2, 0.25) is 11.8 Å². The van der Waals surface area contributed by atoms with Crippen molar-refractivity contribution in [2.24, 2.45) is 0 Å². The van der Waals surface area contributed by atoms with E-state index in [1.54, 1.807) is 6.92 Å². The summed E-state index contributed by atoms with van der Waals surface area (Å²) < 4.78 is 0. The molecule has 0 aliphatic heterocycles. The summed E-state index contributed by atoms with van der Waals surface area (Å²) in [5, 5.41) is 2.89. The van der Waals surface area contributed by atoms with Gasteiger partial charge in [0.15, 0.2) is 0 Å². The lowest BCUT2D eigenvalue weighted by Crippen LogP contribution is -2.41. The molecule has 0 bridgehead atoms. The van der Waals surface area contributed by atoms with Crippen molar-refractivity contribution in [3.63, 3.8) is 0 Å². The largest absolute Gasteiger partial charge is 0.339 e. The van der Waals surface area contributed by atoms with Crippen molar-refractivity contribution in [1.82, 2.24) is 4.90 Å². The van der Waals surface area contributed by atoms with Crippen LogP contribution in [0.4, 0.5) is 5.69 Å². The Labute approximate surface area is 132 Å². The summed E-state index contributed by atoms with van der Waals surface area (Å²) in [5.74, 6) is 0.0425. The van der Waals surface area contributed by atoms with Crippen LogP contribution in [-0.4, -0.2) is 29.3 Å². The smallest absolute Gasteiger partial charge is 0.226 e. The Morgan fingerprint density at radius 1 is 1.14 bits per heavy atom. The summed E-state index contributed by atoms with van der Waals surface area (Å²) in [6.45, 7) is 4.13. The summed E-state index contributed by atoms with van der Waals surface area (Å²) in [4.78, 5) is 25.8. The van der Waals surface area contributed by atoms with Gasteiger partial charge >= 0.3 is 0 Å². The van der Waals surface area contributed by atoms with Crippen molar-refractivity contribution >= 4 is 17.5 Å². The van der Waals surface area contributed by atoms with E-state index < -0.39 is 0 Å². The molecule has 1 fully saturated rings. The summed E-state index contributed by atoms with van der Waals surface area (Å²) >= 11 is 0. The molecule has 0 heterocycles. The average Bonchev–Trinajstić information content (AvgIpc) is 2.50. The van der Waals surface area contributed by atoms with Crippen LogP contribution in [0.15, 0.2) is 24.3 Å². The molecule has 2 rings (SSSR count). The molecule has 4 nitrogen and oxygen atoms in total. The van der Waals surface area contributed by atoms with Crippen molar-refractivity contribution in [1.29, 1.82) is 0 Å². The van der Waals surface area contributed by atoms with E-state index in [0.717, 1.165) is 24.1 Å². The van der Waals surface area contributed by atoms with Gasteiger partial charge < -0.3 is 10.2 Å². The number of hydrogen-bond donors (Lipinski definition) is 1. The van der Waals surface area contributed by atoms with Crippen LogP contribution >= 0.6 is 0 Å². The Hall–Kier alpha value is -1.84. The lowest BCUT2D eigenvalue weighted by Gasteiger charge is -2.33. The predicted molar refractivity (Wildman–Crippen MR) is 88.7 cm³/mol. The second kappa shape index (κ2) is 7.97. The second-order valence-electron chi connectivity index (χ2n) is 6.17. The number of anilines is 1. The van der Waals surface area contributed by atoms with Crippen LogP contribution in [-0.2, 0) is 9.59 Å². The van der Waals surface area contributed by atoms with E-state index in [1.807, 2.05) is 36.1 Å². The highest BCUT2D eigenvalue weighted by Crippen LogP contribution is 2.23. The maximum atomic E-state index is 12.1. The molecule has 0 atom stereocenters. The maximum absolute atomic E-state index is 12.1. The lowest BCUT2D eigenvalue weighted by molar-refractivity contribution is -0.132. The molecule has 1 aliphatic carbocycles. The van der Waals surface area contributed by atoms with Crippen molar-refractivity contribution in [3.05, 3.63) is 29.8 Å². The van der Waals surface area contributed by atoms with E-state index in [1.165, 1.54) is 19.3 Å². The summed E-state index contributed by atoms with van der Waals surface area (Å²) in [6, 6.07) is 8.06. The van der Waals surface area contributed by atoms with Gasteiger partial charge in [0.25, 0.3) is 0 Å². The summed E-state index contributed by atoms with van der Waals surface area (Å²) in [5.41, 5.74) is 1.97. The molecule has 0 saturated heterocycles. The number of amides is 2. The molecule has 1 aliphatic rings. The van der Waals surface area contributed by atoms with Crippen LogP contribution < -0.4 is 5.32 Å². The third-order valence-electron chi connectivity index (χ3n) is 4.34. The van der Waals surface area contributed by atoms with Crippen LogP contribution in [0.5, 0.6) is 0 Å². The van der Waals surface area contributed by atoms with Gasteiger partial charge in [-0.3, -0.25) is 9.59 Å². The van der Waals surface area contributed by atoms with Gasteiger partial charge in [0.05, 0.1) is 0 Å². The van der Waals surface area contributed by atoms with E-state index in [2.05, 4.69) is 5.32 Å². The van der Waals surface area contributed by atoms with Crippen molar-refractivity contribution in [3.8, 4) is 0 Å². The van der Waals surface area contributed by atoms with Gasteiger partial charge in [-0.2, -0.15) is 0 Å². The predicted octanol–water partition coefficient (Wildman–Crippen LogP) is 3.50. The number of rotatable bonds is 5. The lowest BCUT2D eigenvalue weighted by atomic mass is 9.94. The third kappa shape index (κ3) is 4.86. The zero-order chi connectivity index (χ0) is 15.9. The highest BCUT2D eigenvalue weighted by Gasteiger charge is 2.23. The third-order valence-corrected chi connectivity index (χ3v) is 4.34. The summed E-state index contributed by atoms with van der Waals surface area (Å²) in [7, 11) is 0. The van der Waals surface area contributed by atoms with Crippen LogP contribution in [0.2, 0.25) is 0 Å². The monoisotopic (exact) mass is 302 g/mol. The molecule has 0 radical (unpaired) electrons. The van der Waals surface area contributed by atoms with Crippen molar-refractivity contribution in [2.75, 3.05) is 11.9 Å². The Bertz CT molecular complexity index is 504. The van der Waals surface area contributed by atoms with Crippen LogP contribution in [0.25, 0.3) is 0 Å². The van der Waals surface area contributed by atoms with Crippen LogP contribution in [0.3, 0.4) is 0 Å². The molecule has 1 saturated carbocycles. The van der Waals surface area contributed by atoms with E-state index in [-0.39, 0.29) is 11.8 Å². The van der Waals surface area contributed by atoms with Gasteiger partial charge in [-0.25, -0.2) is 0 Å². The molecule has 4 heteroatoms. The Balaban J connectivity index is 1.84. The quantitative estimate of drug-likeness (QED) is 0.905. The number of nitrogens with one attached hydrogen (secondary N) is 1. The first-order valence-corrected chi connectivity index (χ1v) is 8.20. The highest BCUT2D eigenvalue weighted by atomic mass is 16.2. The van der Waals surface area contributed by atoms with E-state index in [0.29, 0.717) is 19.0 Å². The number of carbonyl (C=O) groups is 2. The second-order valence-corrected chi connectivity index (χ2v) is 6.17. The van der Waals surface area contributed by atoms with E-state index in [4.69, 9.17) is 0 Å². The number of hydrogen-bond acceptors (Lipinski definition) is 2. The van der Waals surface area contributed by atoms with Crippen LogP contribution in [0.1, 0.15) is 51.0 Å². The Morgan fingerprint density at radius 3 is 2.36 bits per heavy atom. The Kier molecular flexibility index (Phi) is 5.99. The van der Waals surface area contributed by atoms with Crippen molar-refractivity contribution in [2.45, 2.75) is 58.4 Å². The fourth-order valence-corrected chi connectivity index (χ4v) is 3.07. The average molecular weight is 302 g/mol. The zero-order valence-corrected chi connectivity index (χ0v) is 13.6. The normalized spacial score (nSPS) is 15.4. The SMILES string of the molecule is CC(=O)N(CCC(=O)Nc1ccc(C)cc1)C1CCCCC1. The molecule has 2 amide bonds. The van der Waals surface area contributed by atoms with Gasteiger partial charge in [-0.05, 0) is 31.9 Å². The minimum atomic E-state index is -0.0362. The summed E-state index contributed by atoms with van der Waals surface area (Å²) in [6.07, 6.45) is 6.12. The molecule has 120 valence electrons. The first-order chi connectivity index (χ1) is 10.6. The molecule has 1 aromatic carbocycles. The maximum Gasteiger partial charge on any atom is 0.226 e. The Morgan fingerprint density at radius 2 is 1.77 bits per heavy atom. The first-order valence-electron chi connectivity index (χ1n) is 8.20. The van der Waals surface area contributed by atoms with Crippen LogP contribution in [0, 0.1) is 6.92 Å². The number of aryl methyl sites for hydroxylation is 1. The minimum Gasteiger partial charge on any atom is -0.339 e. The molecule has 22 heavy (non-hydrogen) atoms. The molecule has 0 aromatic heterocycles. The molecule has 1 N–H and O–H groups in total. The molecular formula is C18H26N2O2. The molecule has 0 unspecified atom stereocenters.